The predicted octanol–water partition coefficient (Wildman–Crippen LogP) is 3.59. The standard InChI is InChI=1S/C20H23N3O2/c1-14-17-7-5-6-8-18(17)22-20(21-14)13-23(2)12-15-9-10-16(24-3)11-19(15)25-4/h5-11H,12-13H2,1-4H3. The lowest BCUT2D eigenvalue weighted by atomic mass is 10.1. The van der Waals surface area contributed by atoms with E-state index < -0.39 is 0 Å². The fraction of sp³-hybridized carbons (Fsp3) is 0.300. The summed E-state index contributed by atoms with van der Waals surface area (Å²) in [7, 11) is 5.38. The molecule has 0 aliphatic rings. The van der Waals surface area contributed by atoms with Crippen molar-refractivity contribution < 1.29 is 9.47 Å². The molecule has 1 aromatic heterocycles. The minimum Gasteiger partial charge on any atom is -0.497 e. The van der Waals surface area contributed by atoms with Crippen LogP contribution in [0.25, 0.3) is 10.9 Å². The Labute approximate surface area is 148 Å². The van der Waals surface area contributed by atoms with Gasteiger partial charge in [0.05, 0.1) is 26.3 Å². The van der Waals surface area contributed by atoms with Gasteiger partial charge in [0.25, 0.3) is 0 Å². The van der Waals surface area contributed by atoms with Crippen LogP contribution in [0, 0.1) is 6.92 Å². The van der Waals surface area contributed by atoms with Gasteiger partial charge in [0.1, 0.15) is 17.3 Å². The van der Waals surface area contributed by atoms with Gasteiger partial charge in [-0.05, 0) is 26.1 Å². The van der Waals surface area contributed by atoms with Gasteiger partial charge in [-0.2, -0.15) is 0 Å². The molecule has 0 spiro atoms. The number of hydrogen-bond donors (Lipinski definition) is 0. The van der Waals surface area contributed by atoms with Crippen LogP contribution in [0.4, 0.5) is 0 Å². The average molecular weight is 337 g/mol. The molecule has 3 rings (SSSR count). The zero-order valence-electron chi connectivity index (χ0n) is 15.1. The van der Waals surface area contributed by atoms with Gasteiger partial charge in [-0.1, -0.05) is 24.3 Å². The summed E-state index contributed by atoms with van der Waals surface area (Å²) >= 11 is 0. The number of rotatable bonds is 6. The third kappa shape index (κ3) is 3.88. The van der Waals surface area contributed by atoms with E-state index in [9.17, 15) is 0 Å². The van der Waals surface area contributed by atoms with Crippen LogP contribution in [-0.4, -0.2) is 36.1 Å². The number of benzene rings is 2. The van der Waals surface area contributed by atoms with Crippen LogP contribution in [0.15, 0.2) is 42.5 Å². The van der Waals surface area contributed by atoms with Gasteiger partial charge in [0.15, 0.2) is 0 Å². The van der Waals surface area contributed by atoms with E-state index >= 15 is 0 Å². The van der Waals surface area contributed by atoms with Crippen molar-refractivity contribution in [1.82, 2.24) is 14.9 Å². The molecule has 3 aromatic rings. The van der Waals surface area contributed by atoms with E-state index in [0.29, 0.717) is 6.54 Å². The lowest BCUT2D eigenvalue weighted by molar-refractivity contribution is 0.302. The number of ether oxygens (including phenoxy) is 2. The first kappa shape index (κ1) is 17.2. The number of aryl methyl sites for hydroxylation is 1. The molecule has 0 bridgehead atoms. The first-order chi connectivity index (χ1) is 12.1. The summed E-state index contributed by atoms with van der Waals surface area (Å²) in [5.74, 6) is 2.43. The third-order valence-corrected chi connectivity index (χ3v) is 4.19. The maximum Gasteiger partial charge on any atom is 0.143 e. The topological polar surface area (TPSA) is 47.5 Å². The van der Waals surface area contributed by atoms with Crippen molar-refractivity contribution in [2.45, 2.75) is 20.0 Å². The quantitative estimate of drug-likeness (QED) is 0.688. The summed E-state index contributed by atoms with van der Waals surface area (Å²) < 4.78 is 10.7. The van der Waals surface area contributed by atoms with Gasteiger partial charge in [-0.15, -0.1) is 0 Å². The molecule has 5 heteroatoms. The van der Waals surface area contributed by atoms with Crippen LogP contribution in [0.1, 0.15) is 17.1 Å². The van der Waals surface area contributed by atoms with E-state index in [1.165, 1.54) is 0 Å². The molecule has 0 fully saturated rings. The second kappa shape index (κ2) is 7.49. The van der Waals surface area contributed by atoms with E-state index in [-0.39, 0.29) is 0 Å². The van der Waals surface area contributed by atoms with Crippen molar-refractivity contribution in [3.8, 4) is 11.5 Å². The molecule has 0 amide bonds. The summed E-state index contributed by atoms with van der Waals surface area (Å²) in [4.78, 5) is 11.5. The van der Waals surface area contributed by atoms with Crippen molar-refractivity contribution >= 4 is 10.9 Å². The Morgan fingerprint density at radius 1 is 0.960 bits per heavy atom. The molecule has 0 saturated heterocycles. The lowest BCUT2D eigenvalue weighted by Gasteiger charge is -2.18. The van der Waals surface area contributed by atoms with Crippen LogP contribution in [0.2, 0.25) is 0 Å². The first-order valence-electron chi connectivity index (χ1n) is 8.22. The van der Waals surface area contributed by atoms with Gasteiger partial charge in [-0.3, -0.25) is 4.90 Å². The number of aromatic nitrogens is 2. The smallest absolute Gasteiger partial charge is 0.143 e. The van der Waals surface area contributed by atoms with Gasteiger partial charge in [-0.25, -0.2) is 9.97 Å². The molecule has 0 aliphatic heterocycles. The van der Waals surface area contributed by atoms with E-state index in [2.05, 4.69) is 28.0 Å². The van der Waals surface area contributed by atoms with Crippen molar-refractivity contribution in [2.24, 2.45) is 0 Å². The molecule has 130 valence electrons. The molecule has 0 N–H and O–H groups in total. The minimum absolute atomic E-state index is 0.668. The van der Waals surface area contributed by atoms with E-state index in [4.69, 9.17) is 9.47 Å². The molecule has 0 saturated carbocycles. The summed E-state index contributed by atoms with van der Waals surface area (Å²) in [6.45, 7) is 3.43. The van der Waals surface area contributed by atoms with E-state index in [0.717, 1.165) is 46.0 Å². The molecular formula is C20H23N3O2. The van der Waals surface area contributed by atoms with Crippen molar-refractivity contribution in [3.05, 3.63) is 59.5 Å². The second-order valence-corrected chi connectivity index (χ2v) is 6.09. The van der Waals surface area contributed by atoms with Crippen LogP contribution >= 0.6 is 0 Å². The van der Waals surface area contributed by atoms with Crippen LogP contribution < -0.4 is 9.47 Å². The van der Waals surface area contributed by atoms with Gasteiger partial charge >= 0.3 is 0 Å². The third-order valence-electron chi connectivity index (χ3n) is 4.19. The molecule has 0 radical (unpaired) electrons. The SMILES string of the molecule is COc1ccc(CN(C)Cc2nc(C)c3ccccc3n2)c(OC)c1. The summed E-state index contributed by atoms with van der Waals surface area (Å²) in [5.41, 5.74) is 3.10. The Morgan fingerprint density at radius 2 is 1.76 bits per heavy atom. The van der Waals surface area contributed by atoms with E-state index in [1.54, 1.807) is 14.2 Å². The number of methoxy groups -OCH3 is 2. The van der Waals surface area contributed by atoms with Gasteiger partial charge in [0, 0.05) is 29.3 Å². The van der Waals surface area contributed by atoms with Crippen molar-refractivity contribution in [2.75, 3.05) is 21.3 Å². The van der Waals surface area contributed by atoms with Gasteiger partial charge < -0.3 is 9.47 Å². The normalized spacial score (nSPS) is 11.1. The summed E-state index contributed by atoms with van der Waals surface area (Å²) in [5, 5.41) is 1.10. The maximum atomic E-state index is 5.48. The number of hydrogen-bond acceptors (Lipinski definition) is 5. The highest BCUT2D eigenvalue weighted by Gasteiger charge is 2.11. The molecule has 1 heterocycles. The lowest BCUT2D eigenvalue weighted by Crippen LogP contribution is -2.19. The van der Waals surface area contributed by atoms with E-state index in [1.807, 2.05) is 43.3 Å². The van der Waals surface area contributed by atoms with Crippen molar-refractivity contribution in [1.29, 1.82) is 0 Å². The average Bonchev–Trinajstić information content (AvgIpc) is 2.62. The zero-order valence-corrected chi connectivity index (χ0v) is 15.1. The monoisotopic (exact) mass is 337 g/mol. The summed E-state index contributed by atoms with van der Waals surface area (Å²) in [6.07, 6.45) is 0. The number of fused-ring (bicyclic) bond motifs is 1. The minimum atomic E-state index is 0.668. The van der Waals surface area contributed by atoms with Gasteiger partial charge in [0.2, 0.25) is 0 Å². The largest absolute Gasteiger partial charge is 0.497 e. The molecule has 25 heavy (non-hydrogen) atoms. The molecular weight excluding hydrogens is 314 g/mol. The number of nitrogens with zero attached hydrogens (tertiary/aromatic N) is 3. The molecule has 0 aliphatic carbocycles. The Bertz CT molecular complexity index is 880. The van der Waals surface area contributed by atoms with Crippen LogP contribution in [-0.2, 0) is 13.1 Å². The highest BCUT2D eigenvalue weighted by atomic mass is 16.5. The highest BCUT2D eigenvalue weighted by molar-refractivity contribution is 5.80. The fourth-order valence-corrected chi connectivity index (χ4v) is 2.94. The Balaban J connectivity index is 1.78. The zero-order chi connectivity index (χ0) is 17.8. The second-order valence-electron chi connectivity index (χ2n) is 6.09. The molecule has 5 nitrogen and oxygen atoms in total. The summed E-state index contributed by atoms with van der Waals surface area (Å²) in [6, 6.07) is 14.0. The Kier molecular flexibility index (Phi) is 5.14. The molecule has 0 unspecified atom stereocenters. The highest BCUT2D eigenvalue weighted by Crippen LogP contribution is 2.25. The number of para-hydroxylation sites is 1. The fourth-order valence-electron chi connectivity index (χ4n) is 2.94. The van der Waals surface area contributed by atoms with Crippen molar-refractivity contribution in [3.63, 3.8) is 0 Å². The predicted molar refractivity (Wildman–Crippen MR) is 99.0 cm³/mol. The molecule has 0 atom stereocenters. The van der Waals surface area contributed by atoms with Crippen LogP contribution in [0.3, 0.4) is 0 Å². The Morgan fingerprint density at radius 3 is 2.52 bits per heavy atom. The maximum absolute atomic E-state index is 5.48. The molecule has 2 aromatic carbocycles. The Hall–Kier alpha value is -2.66. The van der Waals surface area contributed by atoms with Crippen LogP contribution in [0.5, 0.6) is 11.5 Å². The first-order valence-corrected chi connectivity index (χ1v) is 8.22.